The zero-order valence-corrected chi connectivity index (χ0v) is 18.9. The zero-order valence-electron chi connectivity index (χ0n) is 18.9. The maximum atomic E-state index is 13.3. The van der Waals surface area contributed by atoms with E-state index in [1.165, 1.54) is 7.11 Å². The number of hydrogen-bond acceptors (Lipinski definition) is 6. The highest BCUT2D eigenvalue weighted by atomic mass is 16.5. The second kappa shape index (κ2) is 9.49. The lowest BCUT2D eigenvalue weighted by atomic mass is 10.0. The lowest BCUT2D eigenvalue weighted by Gasteiger charge is -2.38. The van der Waals surface area contributed by atoms with Gasteiger partial charge < -0.3 is 14.1 Å². The van der Waals surface area contributed by atoms with Crippen molar-refractivity contribution in [3.05, 3.63) is 90.0 Å². The standard InChI is InChI=1S/C27H25N3O4/c1-33-27(32)24(19-8-3-2-4-9-19)29-14-16-30(17-15-29)26(31)21-11-7-10-20(18-21)25-28-22-12-5-6-13-23(22)34-25/h2-13,18,24H,14-17H2,1H3. The van der Waals surface area contributed by atoms with E-state index in [4.69, 9.17) is 9.15 Å². The number of aromatic nitrogens is 1. The van der Waals surface area contributed by atoms with Gasteiger partial charge in [-0.1, -0.05) is 48.5 Å². The topological polar surface area (TPSA) is 75.9 Å². The van der Waals surface area contributed by atoms with Gasteiger partial charge >= 0.3 is 5.97 Å². The fraction of sp³-hybridized carbons (Fsp3) is 0.222. The van der Waals surface area contributed by atoms with E-state index in [-0.39, 0.29) is 11.9 Å². The van der Waals surface area contributed by atoms with E-state index in [9.17, 15) is 9.59 Å². The molecule has 1 amide bonds. The first-order valence-electron chi connectivity index (χ1n) is 11.3. The normalized spacial score (nSPS) is 15.3. The lowest BCUT2D eigenvalue weighted by Crippen LogP contribution is -2.51. The van der Waals surface area contributed by atoms with Crippen molar-refractivity contribution in [2.45, 2.75) is 6.04 Å². The summed E-state index contributed by atoms with van der Waals surface area (Å²) < 4.78 is 10.9. The highest BCUT2D eigenvalue weighted by Crippen LogP contribution is 2.27. The highest BCUT2D eigenvalue weighted by molar-refractivity contribution is 5.95. The second-order valence-electron chi connectivity index (χ2n) is 8.23. The highest BCUT2D eigenvalue weighted by Gasteiger charge is 2.32. The number of amides is 1. The molecule has 0 saturated carbocycles. The summed E-state index contributed by atoms with van der Waals surface area (Å²) in [5, 5.41) is 0. The molecule has 7 heteroatoms. The molecular formula is C27H25N3O4. The molecule has 34 heavy (non-hydrogen) atoms. The lowest BCUT2D eigenvalue weighted by molar-refractivity contribution is -0.148. The third-order valence-corrected chi connectivity index (χ3v) is 6.16. The monoisotopic (exact) mass is 455 g/mol. The van der Waals surface area contributed by atoms with Crippen molar-refractivity contribution in [2.75, 3.05) is 33.3 Å². The van der Waals surface area contributed by atoms with Crippen LogP contribution in [-0.4, -0.2) is 59.9 Å². The van der Waals surface area contributed by atoms with Gasteiger partial charge in [-0.3, -0.25) is 9.69 Å². The Morgan fingerprint density at radius 3 is 2.38 bits per heavy atom. The van der Waals surface area contributed by atoms with Crippen molar-refractivity contribution >= 4 is 23.0 Å². The summed E-state index contributed by atoms with van der Waals surface area (Å²) in [7, 11) is 1.40. The van der Waals surface area contributed by atoms with Crippen LogP contribution in [0.25, 0.3) is 22.6 Å². The molecule has 1 fully saturated rings. The van der Waals surface area contributed by atoms with Crippen LogP contribution in [0, 0.1) is 0 Å². The average Bonchev–Trinajstić information content (AvgIpc) is 3.34. The summed E-state index contributed by atoms with van der Waals surface area (Å²) in [6.45, 7) is 2.19. The smallest absolute Gasteiger partial charge is 0.327 e. The first-order valence-corrected chi connectivity index (χ1v) is 11.3. The van der Waals surface area contributed by atoms with Gasteiger partial charge in [0.1, 0.15) is 11.6 Å². The summed E-state index contributed by atoms with van der Waals surface area (Å²) in [6.07, 6.45) is 0. The summed E-state index contributed by atoms with van der Waals surface area (Å²) in [6, 6.07) is 24.1. The Hall–Kier alpha value is -3.97. The molecule has 0 aliphatic carbocycles. The van der Waals surface area contributed by atoms with E-state index in [2.05, 4.69) is 9.88 Å². The average molecular weight is 456 g/mol. The molecule has 5 rings (SSSR count). The van der Waals surface area contributed by atoms with Gasteiger partial charge in [0.2, 0.25) is 5.89 Å². The number of para-hydroxylation sites is 2. The van der Waals surface area contributed by atoms with Crippen LogP contribution in [0.5, 0.6) is 0 Å². The van der Waals surface area contributed by atoms with Crippen LogP contribution in [-0.2, 0) is 9.53 Å². The number of oxazole rings is 1. The number of fused-ring (bicyclic) bond motifs is 1. The Bertz CT molecular complexity index is 1280. The van der Waals surface area contributed by atoms with Gasteiger partial charge in [0.05, 0.1) is 7.11 Å². The molecule has 3 aromatic carbocycles. The molecule has 1 saturated heterocycles. The quantitative estimate of drug-likeness (QED) is 0.421. The predicted octanol–water partition coefficient (Wildman–Crippen LogP) is 4.17. The van der Waals surface area contributed by atoms with Crippen molar-refractivity contribution in [3.8, 4) is 11.5 Å². The second-order valence-corrected chi connectivity index (χ2v) is 8.23. The number of hydrogen-bond donors (Lipinski definition) is 0. The van der Waals surface area contributed by atoms with E-state index in [0.717, 1.165) is 16.6 Å². The van der Waals surface area contributed by atoms with Crippen molar-refractivity contribution in [1.29, 1.82) is 0 Å². The first kappa shape index (κ1) is 21.9. The fourth-order valence-electron chi connectivity index (χ4n) is 4.39. The molecule has 0 bridgehead atoms. The van der Waals surface area contributed by atoms with Crippen LogP contribution in [0.15, 0.2) is 83.3 Å². The summed E-state index contributed by atoms with van der Waals surface area (Å²) in [5.41, 5.74) is 3.73. The predicted molar refractivity (Wildman–Crippen MR) is 128 cm³/mol. The van der Waals surface area contributed by atoms with Crippen LogP contribution < -0.4 is 0 Å². The van der Waals surface area contributed by atoms with Gasteiger partial charge in [0.25, 0.3) is 5.91 Å². The molecule has 2 heterocycles. The van der Waals surface area contributed by atoms with Gasteiger partial charge in [-0.2, -0.15) is 0 Å². The minimum atomic E-state index is -0.481. The number of carbonyl (C=O) groups is 2. The number of piperazine rings is 1. The summed E-state index contributed by atoms with van der Waals surface area (Å²) in [4.78, 5) is 34.2. The van der Waals surface area contributed by atoms with Crippen LogP contribution in [0.1, 0.15) is 22.0 Å². The van der Waals surface area contributed by atoms with Crippen molar-refractivity contribution in [3.63, 3.8) is 0 Å². The first-order chi connectivity index (χ1) is 16.6. The molecule has 1 aliphatic rings. The number of methoxy groups -OCH3 is 1. The van der Waals surface area contributed by atoms with Gasteiger partial charge in [-0.15, -0.1) is 0 Å². The van der Waals surface area contributed by atoms with Crippen molar-refractivity contribution < 1.29 is 18.7 Å². The van der Waals surface area contributed by atoms with E-state index in [1.807, 2.05) is 83.8 Å². The third-order valence-electron chi connectivity index (χ3n) is 6.16. The fourth-order valence-corrected chi connectivity index (χ4v) is 4.39. The molecule has 1 aliphatic heterocycles. The minimum Gasteiger partial charge on any atom is -0.468 e. The van der Waals surface area contributed by atoms with Crippen LogP contribution in [0.3, 0.4) is 0 Å². The molecule has 1 unspecified atom stereocenters. The molecule has 0 N–H and O–H groups in total. The largest absolute Gasteiger partial charge is 0.468 e. The van der Waals surface area contributed by atoms with E-state index < -0.39 is 6.04 Å². The molecule has 1 aromatic heterocycles. The van der Waals surface area contributed by atoms with E-state index >= 15 is 0 Å². The Balaban J connectivity index is 1.30. The summed E-state index contributed by atoms with van der Waals surface area (Å²) in [5.74, 6) is 0.147. The number of rotatable bonds is 5. The van der Waals surface area contributed by atoms with Gasteiger partial charge in [-0.05, 0) is 35.9 Å². The third kappa shape index (κ3) is 4.30. The van der Waals surface area contributed by atoms with E-state index in [1.54, 1.807) is 0 Å². The van der Waals surface area contributed by atoms with Crippen LogP contribution in [0.2, 0.25) is 0 Å². The Morgan fingerprint density at radius 1 is 0.912 bits per heavy atom. The number of ether oxygens (including phenoxy) is 1. The maximum Gasteiger partial charge on any atom is 0.327 e. The Kier molecular flexibility index (Phi) is 6.10. The molecule has 7 nitrogen and oxygen atoms in total. The molecule has 1 atom stereocenters. The molecular weight excluding hydrogens is 430 g/mol. The number of carbonyl (C=O) groups excluding carboxylic acids is 2. The SMILES string of the molecule is COC(=O)C(c1ccccc1)N1CCN(C(=O)c2cccc(-c3nc4ccccc4o3)c2)CC1. The van der Waals surface area contributed by atoms with Gasteiger partial charge in [-0.25, -0.2) is 9.78 Å². The Labute approximate surface area is 197 Å². The minimum absolute atomic E-state index is 0.0491. The van der Waals surface area contributed by atoms with E-state index in [0.29, 0.717) is 43.2 Å². The van der Waals surface area contributed by atoms with Gasteiger partial charge in [0, 0.05) is 37.3 Å². The maximum absolute atomic E-state index is 13.3. The Morgan fingerprint density at radius 2 is 1.65 bits per heavy atom. The van der Waals surface area contributed by atoms with Gasteiger partial charge in [0.15, 0.2) is 5.58 Å². The van der Waals surface area contributed by atoms with Crippen molar-refractivity contribution in [1.82, 2.24) is 14.8 Å². The van der Waals surface area contributed by atoms with Crippen LogP contribution in [0.4, 0.5) is 0 Å². The van der Waals surface area contributed by atoms with Crippen molar-refractivity contribution in [2.24, 2.45) is 0 Å². The molecule has 0 spiro atoms. The zero-order chi connectivity index (χ0) is 23.5. The molecule has 4 aromatic rings. The van der Waals surface area contributed by atoms with Crippen LogP contribution >= 0.6 is 0 Å². The number of benzene rings is 3. The number of esters is 1. The molecule has 172 valence electrons. The number of nitrogens with zero attached hydrogens (tertiary/aromatic N) is 3. The molecule has 0 radical (unpaired) electrons. The summed E-state index contributed by atoms with van der Waals surface area (Å²) >= 11 is 0.